The second-order valence-electron chi connectivity index (χ2n) is 19.3. The molecule has 0 aromatic rings. The molecule has 0 N–H and O–H groups in total. The predicted molar refractivity (Wildman–Crippen MR) is 190 cm³/mol. The van der Waals surface area contributed by atoms with Crippen molar-refractivity contribution in [3.63, 3.8) is 0 Å². The maximum Gasteiger partial charge on any atom is -0.0244 e. The van der Waals surface area contributed by atoms with E-state index >= 15 is 0 Å². The molecule has 0 spiro atoms. The predicted octanol–water partition coefficient (Wildman–Crippen LogP) is 14.2. The lowest BCUT2D eigenvalue weighted by Crippen LogP contribution is -2.55. The quantitative estimate of drug-likeness (QED) is 0.152. The third-order valence-electron chi connectivity index (χ3n) is 14.7. The zero-order valence-corrected chi connectivity index (χ0v) is 32.9. The molecule has 8 unspecified atom stereocenters. The molecule has 0 saturated heterocycles. The smallest absolute Gasteiger partial charge is 0.0244 e. The van der Waals surface area contributed by atoms with Crippen molar-refractivity contribution in [2.75, 3.05) is 0 Å². The van der Waals surface area contributed by atoms with Gasteiger partial charge in [-0.15, -0.1) is 0 Å². The summed E-state index contributed by atoms with van der Waals surface area (Å²) in [6.45, 7) is 53.0. The normalized spacial score (nSPS) is 20.3. The molecule has 0 aromatic carbocycles. The van der Waals surface area contributed by atoms with Crippen molar-refractivity contribution in [1.82, 2.24) is 0 Å². The Kier molecular flexibility index (Phi) is 15.3. The first kappa shape index (κ1) is 41.0. The van der Waals surface area contributed by atoms with Crippen LogP contribution < -0.4 is 0 Å². The molecule has 0 aromatic heterocycles. The second kappa shape index (κ2) is 15.3. The van der Waals surface area contributed by atoms with Crippen LogP contribution in [0.3, 0.4) is 0 Å². The van der Waals surface area contributed by atoms with Crippen molar-refractivity contribution < 1.29 is 0 Å². The SMILES string of the molecule is CCC(CC(C)C(C)CC(C)CC(C)CC(C)C)C(CC)C(C)(C)C(C)C(C)C(C)(C)C(C)(C)C(C)(C)C(C)(C)C. The Morgan fingerprint density at radius 2 is 0.902 bits per heavy atom. The average Bonchev–Trinajstić information content (AvgIpc) is 2.80. The van der Waals surface area contributed by atoms with Crippen LogP contribution in [-0.4, -0.2) is 0 Å². The van der Waals surface area contributed by atoms with Crippen molar-refractivity contribution in [1.29, 1.82) is 0 Å². The van der Waals surface area contributed by atoms with Crippen LogP contribution in [-0.2, 0) is 0 Å². The lowest BCUT2D eigenvalue weighted by molar-refractivity contribution is -0.132. The molecule has 0 saturated carbocycles. The Balaban J connectivity index is 5.85. The van der Waals surface area contributed by atoms with E-state index in [1.807, 2.05) is 0 Å². The highest BCUT2D eigenvalue weighted by Crippen LogP contribution is 2.63. The molecule has 8 atom stereocenters. The molecule has 41 heavy (non-hydrogen) atoms. The van der Waals surface area contributed by atoms with Gasteiger partial charge in [0.2, 0.25) is 0 Å². The van der Waals surface area contributed by atoms with Crippen molar-refractivity contribution in [2.24, 2.45) is 80.3 Å². The van der Waals surface area contributed by atoms with Crippen LogP contribution in [0, 0.1) is 80.3 Å². The molecule has 0 radical (unpaired) electrons. The van der Waals surface area contributed by atoms with Gasteiger partial charge >= 0.3 is 0 Å². The fourth-order valence-electron chi connectivity index (χ4n) is 9.26. The lowest BCUT2D eigenvalue weighted by atomic mass is 9.43. The summed E-state index contributed by atoms with van der Waals surface area (Å²) in [5.74, 6) is 6.96. The second-order valence-corrected chi connectivity index (χ2v) is 19.3. The molecule has 248 valence electrons. The van der Waals surface area contributed by atoms with Crippen LogP contribution in [0.1, 0.15) is 184 Å². The van der Waals surface area contributed by atoms with E-state index in [2.05, 4.69) is 145 Å². The van der Waals surface area contributed by atoms with E-state index in [4.69, 9.17) is 0 Å². The summed E-state index contributed by atoms with van der Waals surface area (Å²) in [6, 6.07) is 0. The third kappa shape index (κ3) is 9.74. The van der Waals surface area contributed by atoms with Gasteiger partial charge < -0.3 is 0 Å². The van der Waals surface area contributed by atoms with Gasteiger partial charge in [0.1, 0.15) is 0 Å². The monoisotopic (exact) mass is 577 g/mol. The minimum atomic E-state index is 0.196. The van der Waals surface area contributed by atoms with Crippen LogP contribution in [0.15, 0.2) is 0 Å². The molecule has 0 rings (SSSR count). The highest BCUT2D eigenvalue weighted by Gasteiger charge is 2.56. The van der Waals surface area contributed by atoms with Crippen LogP contribution >= 0.6 is 0 Å². The molecule has 0 nitrogen and oxygen atoms in total. The van der Waals surface area contributed by atoms with Gasteiger partial charge in [-0.2, -0.15) is 0 Å². The summed E-state index contributed by atoms with van der Waals surface area (Å²) in [4.78, 5) is 0. The Labute approximate surface area is 263 Å². The maximum atomic E-state index is 2.63. The Morgan fingerprint density at radius 1 is 0.463 bits per heavy atom. The Bertz CT molecular complexity index is 726. The molecule has 0 heteroatoms. The van der Waals surface area contributed by atoms with E-state index in [-0.39, 0.29) is 21.7 Å². The number of hydrogen-bond donors (Lipinski definition) is 0. The lowest BCUT2D eigenvalue weighted by Gasteiger charge is -2.62. The van der Waals surface area contributed by atoms with Crippen molar-refractivity contribution >= 4 is 0 Å². The van der Waals surface area contributed by atoms with Gasteiger partial charge in [-0.05, 0) is 106 Å². The third-order valence-corrected chi connectivity index (χ3v) is 14.7. The Morgan fingerprint density at radius 3 is 1.29 bits per heavy atom. The molecule has 0 heterocycles. The van der Waals surface area contributed by atoms with Gasteiger partial charge in [0.05, 0.1) is 0 Å². The summed E-state index contributed by atoms with van der Waals surface area (Å²) in [6.07, 6.45) is 8.15. The zero-order chi connectivity index (χ0) is 32.9. The molecule has 0 bridgehead atoms. The summed E-state index contributed by atoms with van der Waals surface area (Å²) in [5.41, 5.74) is 1.18. The highest BCUT2D eigenvalue weighted by atomic mass is 14.6. The molecule has 0 aliphatic heterocycles. The number of hydrogen-bond acceptors (Lipinski definition) is 0. The van der Waals surface area contributed by atoms with E-state index in [1.165, 1.54) is 38.5 Å². The average molecular weight is 577 g/mol. The summed E-state index contributed by atoms with van der Waals surface area (Å²) < 4.78 is 0. The van der Waals surface area contributed by atoms with Gasteiger partial charge in [0, 0.05) is 0 Å². The standard InChI is InChI=1S/C41H84/c1-22-35(27-32(8)31(7)26-30(6)25-29(5)24-28(3)4)36(23-2)38(14,15)33(9)34(10)39(16,17)41(20,21)40(18,19)37(11,12)13/h28-36H,22-27H2,1-21H3. The van der Waals surface area contributed by atoms with Crippen molar-refractivity contribution in [2.45, 2.75) is 184 Å². The number of rotatable bonds is 18. The van der Waals surface area contributed by atoms with E-state index in [0.717, 1.165) is 41.4 Å². The molecule has 0 amide bonds. The fourth-order valence-corrected chi connectivity index (χ4v) is 9.26. The van der Waals surface area contributed by atoms with Gasteiger partial charge in [0.25, 0.3) is 0 Å². The first-order valence-electron chi connectivity index (χ1n) is 18.2. The molecular weight excluding hydrogens is 492 g/mol. The molecular formula is C41H84. The zero-order valence-electron chi connectivity index (χ0n) is 32.9. The molecule has 0 aliphatic carbocycles. The van der Waals surface area contributed by atoms with E-state index in [0.29, 0.717) is 17.3 Å². The maximum absolute atomic E-state index is 2.63. The minimum absolute atomic E-state index is 0.196. The van der Waals surface area contributed by atoms with Gasteiger partial charge in [0.15, 0.2) is 0 Å². The Hall–Kier alpha value is 0. The van der Waals surface area contributed by atoms with Crippen molar-refractivity contribution in [3.8, 4) is 0 Å². The van der Waals surface area contributed by atoms with E-state index < -0.39 is 0 Å². The topological polar surface area (TPSA) is 0 Å². The minimum Gasteiger partial charge on any atom is -0.0651 e. The highest BCUT2D eigenvalue weighted by molar-refractivity contribution is 5.05. The van der Waals surface area contributed by atoms with Gasteiger partial charge in [-0.25, -0.2) is 0 Å². The fraction of sp³-hybridized carbons (Fsp3) is 1.00. The van der Waals surface area contributed by atoms with Crippen molar-refractivity contribution in [3.05, 3.63) is 0 Å². The van der Waals surface area contributed by atoms with Gasteiger partial charge in [-0.3, -0.25) is 0 Å². The molecule has 0 fully saturated rings. The van der Waals surface area contributed by atoms with Gasteiger partial charge in [-0.1, -0.05) is 158 Å². The van der Waals surface area contributed by atoms with E-state index in [1.54, 1.807) is 0 Å². The van der Waals surface area contributed by atoms with Crippen LogP contribution in [0.2, 0.25) is 0 Å². The van der Waals surface area contributed by atoms with Crippen LogP contribution in [0.25, 0.3) is 0 Å². The first-order chi connectivity index (χ1) is 18.2. The summed E-state index contributed by atoms with van der Waals surface area (Å²) >= 11 is 0. The van der Waals surface area contributed by atoms with Crippen LogP contribution in [0.4, 0.5) is 0 Å². The summed E-state index contributed by atoms with van der Waals surface area (Å²) in [5, 5.41) is 0. The molecule has 0 aliphatic rings. The van der Waals surface area contributed by atoms with Crippen LogP contribution in [0.5, 0.6) is 0 Å². The first-order valence-corrected chi connectivity index (χ1v) is 18.2. The van der Waals surface area contributed by atoms with E-state index in [9.17, 15) is 0 Å². The largest absolute Gasteiger partial charge is 0.0651 e. The summed E-state index contributed by atoms with van der Waals surface area (Å²) in [7, 11) is 0.